The van der Waals surface area contributed by atoms with Crippen LogP contribution in [0.3, 0.4) is 0 Å². The van der Waals surface area contributed by atoms with E-state index < -0.39 is 0 Å². The van der Waals surface area contributed by atoms with Crippen molar-refractivity contribution >= 4 is 45.9 Å². The van der Waals surface area contributed by atoms with Crippen LogP contribution in [-0.4, -0.2) is 30.9 Å². The summed E-state index contributed by atoms with van der Waals surface area (Å²) >= 11 is 6.24. The van der Waals surface area contributed by atoms with Crippen LogP contribution >= 0.6 is 11.6 Å². The first-order chi connectivity index (χ1) is 13.6. The molecule has 4 rings (SSSR count). The highest BCUT2D eigenvalue weighted by molar-refractivity contribution is 6.31. The predicted octanol–water partition coefficient (Wildman–Crippen LogP) is 3.63. The van der Waals surface area contributed by atoms with Crippen molar-refractivity contribution in [3.05, 3.63) is 65.4 Å². The van der Waals surface area contributed by atoms with Crippen molar-refractivity contribution in [1.82, 2.24) is 25.0 Å². The highest BCUT2D eigenvalue weighted by Gasteiger charge is 2.13. The summed E-state index contributed by atoms with van der Waals surface area (Å²) in [4.78, 5) is 19.7. The molecule has 0 saturated carbocycles. The maximum absolute atomic E-state index is 11.1. The smallest absolute Gasteiger partial charge is 0.221 e. The van der Waals surface area contributed by atoms with Gasteiger partial charge in [-0.25, -0.2) is 14.6 Å². The molecule has 0 bridgehead atoms. The molecule has 2 aromatic heterocycles. The number of nitrogens with zero attached hydrogens (tertiary/aromatic N) is 5. The van der Waals surface area contributed by atoms with Gasteiger partial charge in [-0.2, -0.15) is 0 Å². The number of carbonyl (C=O) groups is 1. The molecule has 140 valence electrons. The topological polar surface area (TPSA) is 97.6 Å². The first-order valence-electron chi connectivity index (χ1n) is 8.52. The highest BCUT2D eigenvalue weighted by Crippen LogP contribution is 2.23. The molecule has 4 aromatic rings. The number of benzene rings is 2. The number of hydrogen-bond acceptors (Lipinski definition) is 6. The lowest BCUT2D eigenvalue weighted by Crippen LogP contribution is -2.05. The minimum atomic E-state index is -0.117. The molecule has 0 spiro atoms. The van der Waals surface area contributed by atoms with Crippen molar-refractivity contribution in [1.29, 1.82) is 0 Å². The zero-order chi connectivity index (χ0) is 19.5. The zero-order valence-electron chi connectivity index (χ0n) is 14.9. The van der Waals surface area contributed by atoms with Gasteiger partial charge >= 0.3 is 0 Å². The van der Waals surface area contributed by atoms with Gasteiger partial charge in [0.15, 0.2) is 17.0 Å². The molecule has 1 amide bonds. The van der Waals surface area contributed by atoms with Gasteiger partial charge in [-0.05, 0) is 35.9 Å². The Bertz CT molecular complexity index is 1140. The maximum atomic E-state index is 11.1. The minimum absolute atomic E-state index is 0.117. The molecule has 0 aliphatic carbocycles. The molecule has 0 unspecified atom stereocenters. The summed E-state index contributed by atoms with van der Waals surface area (Å²) < 4.78 is 1.68. The van der Waals surface area contributed by atoms with Gasteiger partial charge in [0, 0.05) is 23.3 Å². The third kappa shape index (κ3) is 3.77. The lowest BCUT2D eigenvalue weighted by Gasteiger charge is -2.08. The Labute approximate surface area is 165 Å². The van der Waals surface area contributed by atoms with E-state index >= 15 is 0 Å². The fourth-order valence-electron chi connectivity index (χ4n) is 2.75. The van der Waals surface area contributed by atoms with E-state index in [1.54, 1.807) is 16.8 Å². The average Bonchev–Trinajstić information content (AvgIpc) is 3.09. The summed E-state index contributed by atoms with van der Waals surface area (Å²) in [5.74, 6) is 0.427. The van der Waals surface area contributed by atoms with E-state index in [1.165, 1.54) is 13.3 Å². The normalized spacial score (nSPS) is 10.8. The van der Waals surface area contributed by atoms with Gasteiger partial charge in [0.25, 0.3) is 0 Å². The fourth-order valence-corrected chi connectivity index (χ4v) is 2.95. The molecule has 8 nitrogen and oxygen atoms in total. The predicted molar refractivity (Wildman–Crippen MR) is 108 cm³/mol. The van der Waals surface area contributed by atoms with Gasteiger partial charge in [0.05, 0.1) is 6.54 Å². The molecule has 0 aliphatic heterocycles. The standard InChI is InChI=1S/C19H16ClN7O/c1-12(28)23-14-6-8-15(9-7-14)24-18-17-19(22-11-21-18)27(26-25-17)10-13-4-2-3-5-16(13)20/h2-9,11H,10H2,1H3,(H,23,28)(H,21,22,24). The Kier molecular flexibility index (Phi) is 4.86. The van der Waals surface area contributed by atoms with Crippen molar-refractivity contribution < 1.29 is 4.79 Å². The number of aromatic nitrogens is 5. The van der Waals surface area contributed by atoms with E-state index in [2.05, 4.69) is 30.9 Å². The molecule has 2 N–H and O–H groups in total. The van der Waals surface area contributed by atoms with Crippen LogP contribution in [0, 0.1) is 0 Å². The summed E-state index contributed by atoms with van der Waals surface area (Å²) in [6.45, 7) is 1.92. The molecule has 28 heavy (non-hydrogen) atoms. The van der Waals surface area contributed by atoms with Gasteiger partial charge in [0.1, 0.15) is 6.33 Å². The van der Waals surface area contributed by atoms with Crippen molar-refractivity contribution in [3.8, 4) is 0 Å². The third-order valence-electron chi connectivity index (χ3n) is 4.05. The molecule has 0 atom stereocenters. The number of hydrogen-bond donors (Lipinski definition) is 2. The van der Waals surface area contributed by atoms with Crippen LogP contribution in [0.4, 0.5) is 17.2 Å². The number of carbonyl (C=O) groups excluding carboxylic acids is 1. The minimum Gasteiger partial charge on any atom is -0.338 e. The van der Waals surface area contributed by atoms with Crippen molar-refractivity contribution in [2.75, 3.05) is 10.6 Å². The molecule has 0 fully saturated rings. The van der Waals surface area contributed by atoms with E-state index in [9.17, 15) is 4.79 Å². The second-order valence-electron chi connectivity index (χ2n) is 6.12. The van der Waals surface area contributed by atoms with E-state index in [1.807, 2.05) is 36.4 Å². The largest absolute Gasteiger partial charge is 0.338 e. The number of rotatable bonds is 5. The first kappa shape index (κ1) is 17.9. The molecular weight excluding hydrogens is 378 g/mol. The van der Waals surface area contributed by atoms with Crippen LogP contribution in [0.2, 0.25) is 5.02 Å². The van der Waals surface area contributed by atoms with Crippen molar-refractivity contribution in [2.45, 2.75) is 13.5 Å². The van der Waals surface area contributed by atoms with Crippen LogP contribution < -0.4 is 10.6 Å². The van der Waals surface area contributed by atoms with Crippen LogP contribution in [0.1, 0.15) is 12.5 Å². The van der Waals surface area contributed by atoms with Crippen LogP contribution in [0.15, 0.2) is 54.9 Å². The lowest BCUT2D eigenvalue weighted by atomic mass is 10.2. The first-order valence-corrected chi connectivity index (χ1v) is 8.90. The third-order valence-corrected chi connectivity index (χ3v) is 4.41. The SMILES string of the molecule is CC(=O)Nc1ccc(Nc2ncnc3c2nnn3Cc2ccccc2Cl)cc1. The Balaban J connectivity index is 1.60. The van der Waals surface area contributed by atoms with Crippen LogP contribution in [-0.2, 0) is 11.3 Å². The van der Waals surface area contributed by atoms with Crippen LogP contribution in [0.5, 0.6) is 0 Å². The van der Waals surface area contributed by atoms with Crippen molar-refractivity contribution in [3.63, 3.8) is 0 Å². The van der Waals surface area contributed by atoms with Gasteiger partial charge in [-0.3, -0.25) is 4.79 Å². The Hall–Kier alpha value is -3.52. The zero-order valence-corrected chi connectivity index (χ0v) is 15.7. The fraction of sp³-hybridized carbons (Fsp3) is 0.105. The summed E-state index contributed by atoms with van der Waals surface area (Å²) in [6.07, 6.45) is 1.46. The molecule has 9 heteroatoms. The quantitative estimate of drug-likeness (QED) is 0.537. The number of nitrogens with one attached hydrogen (secondary N) is 2. The lowest BCUT2D eigenvalue weighted by molar-refractivity contribution is -0.114. The Morgan fingerprint density at radius 3 is 2.57 bits per heavy atom. The summed E-state index contributed by atoms with van der Waals surface area (Å²) in [6, 6.07) is 14.9. The van der Waals surface area contributed by atoms with Crippen molar-refractivity contribution in [2.24, 2.45) is 0 Å². The second kappa shape index (κ2) is 7.61. The molecular formula is C19H16ClN7O. The maximum Gasteiger partial charge on any atom is 0.221 e. The summed E-state index contributed by atoms with van der Waals surface area (Å²) in [7, 11) is 0. The van der Waals surface area contributed by atoms with Gasteiger partial charge in [0.2, 0.25) is 5.91 Å². The van der Waals surface area contributed by atoms with Crippen LogP contribution in [0.25, 0.3) is 11.2 Å². The van der Waals surface area contributed by atoms with Gasteiger partial charge in [-0.1, -0.05) is 35.0 Å². The van der Waals surface area contributed by atoms with E-state index in [0.29, 0.717) is 28.5 Å². The van der Waals surface area contributed by atoms with Gasteiger partial charge < -0.3 is 10.6 Å². The number of amides is 1. The average molecular weight is 394 g/mol. The number of anilines is 3. The molecule has 0 radical (unpaired) electrons. The summed E-state index contributed by atoms with van der Waals surface area (Å²) in [5.41, 5.74) is 3.61. The number of halogens is 1. The van der Waals surface area contributed by atoms with Gasteiger partial charge in [-0.15, -0.1) is 5.10 Å². The highest BCUT2D eigenvalue weighted by atomic mass is 35.5. The Morgan fingerprint density at radius 2 is 1.82 bits per heavy atom. The number of fused-ring (bicyclic) bond motifs is 1. The van der Waals surface area contributed by atoms with E-state index in [-0.39, 0.29) is 5.91 Å². The molecule has 2 aromatic carbocycles. The Morgan fingerprint density at radius 1 is 1.07 bits per heavy atom. The molecule has 0 aliphatic rings. The summed E-state index contributed by atoms with van der Waals surface area (Å²) in [5, 5.41) is 15.0. The second-order valence-corrected chi connectivity index (χ2v) is 6.52. The molecule has 2 heterocycles. The van der Waals surface area contributed by atoms with E-state index in [0.717, 1.165) is 16.9 Å². The monoisotopic (exact) mass is 393 g/mol. The van der Waals surface area contributed by atoms with E-state index in [4.69, 9.17) is 11.6 Å². The molecule has 0 saturated heterocycles.